The number of hydrogen-bond acceptors (Lipinski definition) is 3. The summed E-state index contributed by atoms with van der Waals surface area (Å²) in [6.45, 7) is 10.7. The van der Waals surface area contributed by atoms with Crippen molar-refractivity contribution >= 4 is 0 Å². The van der Waals surface area contributed by atoms with Crippen molar-refractivity contribution in [1.29, 1.82) is 0 Å². The molecule has 0 unspecified atom stereocenters. The lowest BCUT2D eigenvalue weighted by Crippen LogP contribution is -2.43. The van der Waals surface area contributed by atoms with E-state index >= 15 is 0 Å². The standard InChI is InChI=1S/C11H25N3/c1-2-5-12-6-3-4-9-14-10-7-13-8-11-14/h12-13H,2-11H2,1H3. The Morgan fingerprint density at radius 3 is 2.64 bits per heavy atom. The zero-order valence-corrected chi connectivity index (χ0v) is 9.52. The van der Waals surface area contributed by atoms with Gasteiger partial charge in [0.25, 0.3) is 0 Å². The minimum atomic E-state index is 1.17. The summed E-state index contributed by atoms with van der Waals surface area (Å²) in [4.78, 5) is 2.57. The molecule has 84 valence electrons. The Bertz CT molecular complexity index is 122. The first kappa shape index (κ1) is 12.0. The van der Waals surface area contributed by atoms with Gasteiger partial charge in [-0.3, -0.25) is 0 Å². The lowest BCUT2D eigenvalue weighted by molar-refractivity contribution is 0.236. The van der Waals surface area contributed by atoms with E-state index in [1.165, 1.54) is 65.1 Å². The Labute approximate surface area is 88.2 Å². The molecule has 0 radical (unpaired) electrons. The lowest BCUT2D eigenvalue weighted by atomic mass is 10.2. The van der Waals surface area contributed by atoms with Crippen LogP contribution < -0.4 is 10.6 Å². The summed E-state index contributed by atoms with van der Waals surface area (Å²) < 4.78 is 0. The van der Waals surface area contributed by atoms with Crippen molar-refractivity contribution in [1.82, 2.24) is 15.5 Å². The maximum atomic E-state index is 3.44. The van der Waals surface area contributed by atoms with Crippen LogP contribution in [0.25, 0.3) is 0 Å². The van der Waals surface area contributed by atoms with Crippen LogP contribution in [0.5, 0.6) is 0 Å². The van der Waals surface area contributed by atoms with Crippen LogP contribution in [0, 0.1) is 0 Å². The number of piperazine rings is 1. The number of hydrogen-bond donors (Lipinski definition) is 2. The van der Waals surface area contributed by atoms with Gasteiger partial charge >= 0.3 is 0 Å². The molecule has 0 aromatic carbocycles. The predicted molar refractivity (Wildman–Crippen MR) is 61.7 cm³/mol. The molecule has 1 aliphatic rings. The molecule has 3 nitrogen and oxygen atoms in total. The first-order valence-corrected chi connectivity index (χ1v) is 6.07. The highest BCUT2D eigenvalue weighted by atomic mass is 15.2. The highest BCUT2D eigenvalue weighted by Crippen LogP contribution is 1.96. The zero-order chi connectivity index (χ0) is 10.1. The Morgan fingerprint density at radius 1 is 1.14 bits per heavy atom. The van der Waals surface area contributed by atoms with Gasteiger partial charge in [0.05, 0.1) is 0 Å². The fraction of sp³-hybridized carbons (Fsp3) is 1.00. The molecule has 2 N–H and O–H groups in total. The molecule has 1 rings (SSSR count). The summed E-state index contributed by atoms with van der Waals surface area (Å²) in [5.74, 6) is 0. The van der Waals surface area contributed by atoms with Gasteiger partial charge in [0.1, 0.15) is 0 Å². The van der Waals surface area contributed by atoms with E-state index in [4.69, 9.17) is 0 Å². The second kappa shape index (κ2) is 8.21. The Hall–Kier alpha value is -0.120. The van der Waals surface area contributed by atoms with Crippen LogP contribution in [0.15, 0.2) is 0 Å². The molecule has 1 heterocycles. The third-order valence-electron chi connectivity index (χ3n) is 2.71. The largest absolute Gasteiger partial charge is 0.317 e. The van der Waals surface area contributed by atoms with Gasteiger partial charge in [-0.2, -0.15) is 0 Å². The van der Waals surface area contributed by atoms with Crippen molar-refractivity contribution in [2.75, 3.05) is 45.8 Å². The van der Waals surface area contributed by atoms with Crippen LogP contribution in [0.3, 0.4) is 0 Å². The molecule has 0 bridgehead atoms. The van der Waals surface area contributed by atoms with Crippen LogP contribution >= 0.6 is 0 Å². The molecule has 1 aliphatic heterocycles. The summed E-state index contributed by atoms with van der Waals surface area (Å²) in [7, 11) is 0. The van der Waals surface area contributed by atoms with E-state index in [2.05, 4.69) is 22.5 Å². The first-order valence-electron chi connectivity index (χ1n) is 6.07. The highest BCUT2D eigenvalue weighted by Gasteiger charge is 2.07. The quantitative estimate of drug-likeness (QED) is 0.590. The fourth-order valence-corrected chi connectivity index (χ4v) is 1.82. The smallest absolute Gasteiger partial charge is 0.0107 e. The normalized spacial score (nSPS) is 18.6. The van der Waals surface area contributed by atoms with Crippen molar-refractivity contribution in [3.8, 4) is 0 Å². The second-order valence-electron chi connectivity index (χ2n) is 4.05. The van der Waals surface area contributed by atoms with Gasteiger partial charge in [0, 0.05) is 26.2 Å². The van der Waals surface area contributed by atoms with Crippen LogP contribution in [-0.2, 0) is 0 Å². The molecule has 0 saturated carbocycles. The number of nitrogens with zero attached hydrogens (tertiary/aromatic N) is 1. The predicted octanol–water partition coefficient (Wildman–Crippen LogP) is 0.671. The summed E-state index contributed by atoms with van der Waals surface area (Å²) in [6.07, 6.45) is 3.92. The molecule has 14 heavy (non-hydrogen) atoms. The summed E-state index contributed by atoms with van der Waals surface area (Å²) in [5.41, 5.74) is 0. The van der Waals surface area contributed by atoms with Crippen molar-refractivity contribution in [2.24, 2.45) is 0 Å². The van der Waals surface area contributed by atoms with Crippen LogP contribution in [0.2, 0.25) is 0 Å². The topological polar surface area (TPSA) is 27.3 Å². The van der Waals surface area contributed by atoms with Crippen molar-refractivity contribution in [3.63, 3.8) is 0 Å². The number of nitrogens with one attached hydrogen (secondary N) is 2. The molecule has 1 saturated heterocycles. The van der Waals surface area contributed by atoms with Crippen molar-refractivity contribution in [3.05, 3.63) is 0 Å². The van der Waals surface area contributed by atoms with Gasteiger partial charge in [-0.25, -0.2) is 0 Å². The SMILES string of the molecule is CCCNCCCCN1CCNCC1. The van der Waals surface area contributed by atoms with Gasteiger partial charge < -0.3 is 15.5 Å². The van der Waals surface area contributed by atoms with E-state index in [0.717, 1.165) is 0 Å². The number of unbranched alkanes of at least 4 members (excludes halogenated alkanes) is 1. The first-order chi connectivity index (χ1) is 6.93. The van der Waals surface area contributed by atoms with E-state index in [1.807, 2.05) is 0 Å². The summed E-state index contributed by atoms with van der Waals surface area (Å²) in [6, 6.07) is 0. The Morgan fingerprint density at radius 2 is 1.93 bits per heavy atom. The van der Waals surface area contributed by atoms with E-state index in [-0.39, 0.29) is 0 Å². The molecule has 0 spiro atoms. The van der Waals surface area contributed by atoms with Gasteiger partial charge in [-0.05, 0) is 38.9 Å². The van der Waals surface area contributed by atoms with Crippen molar-refractivity contribution in [2.45, 2.75) is 26.2 Å². The third kappa shape index (κ3) is 5.58. The Kier molecular flexibility index (Phi) is 7.01. The average Bonchev–Trinajstić information content (AvgIpc) is 2.25. The molecule has 1 fully saturated rings. The van der Waals surface area contributed by atoms with E-state index < -0.39 is 0 Å². The third-order valence-corrected chi connectivity index (χ3v) is 2.71. The minimum Gasteiger partial charge on any atom is -0.317 e. The van der Waals surface area contributed by atoms with Crippen LogP contribution in [-0.4, -0.2) is 50.7 Å². The second-order valence-corrected chi connectivity index (χ2v) is 4.05. The monoisotopic (exact) mass is 199 g/mol. The zero-order valence-electron chi connectivity index (χ0n) is 9.52. The summed E-state index contributed by atoms with van der Waals surface area (Å²) >= 11 is 0. The average molecular weight is 199 g/mol. The molecule has 0 aromatic heterocycles. The highest BCUT2D eigenvalue weighted by molar-refractivity contribution is 4.67. The molecule has 0 atom stereocenters. The minimum absolute atomic E-state index is 1.17. The molecular weight excluding hydrogens is 174 g/mol. The lowest BCUT2D eigenvalue weighted by Gasteiger charge is -2.27. The van der Waals surface area contributed by atoms with Crippen LogP contribution in [0.4, 0.5) is 0 Å². The van der Waals surface area contributed by atoms with Crippen molar-refractivity contribution < 1.29 is 0 Å². The van der Waals surface area contributed by atoms with Gasteiger partial charge in [0.15, 0.2) is 0 Å². The molecule has 0 amide bonds. The molecular formula is C11H25N3. The van der Waals surface area contributed by atoms with E-state index in [9.17, 15) is 0 Å². The van der Waals surface area contributed by atoms with Gasteiger partial charge in [0.2, 0.25) is 0 Å². The molecule has 0 aromatic rings. The van der Waals surface area contributed by atoms with E-state index in [0.29, 0.717) is 0 Å². The molecule has 3 heteroatoms. The maximum absolute atomic E-state index is 3.44. The maximum Gasteiger partial charge on any atom is 0.0107 e. The number of rotatable bonds is 7. The van der Waals surface area contributed by atoms with E-state index in [1.54, 1.807) is 0 Å². The van der Waals surface area contributed by atoms with Gasteiger partial charge in [-0.1, -0.05) is 6.92 Å². The van der Waals surface area contributed by atoms with Gasteiger partial charge in [-0.15, -0.1) is 0 Å². The van der Waals surface area contributed by atoms with Crippen LogP contribution in [0.1, 0.15) is 26.2 Å². The Balaban J connectivity index is 1.82. The molecule has 0 aliphatic carbocycles. The summed E-state index contributed by atoms with van der Waals surface area (Å²) in [5, 5.41) is 6.82. The fourth-order valence-electron chi connectivity index (χ4n) is 1.82.